The zero-order chi connectivity index (χ0) is 23.9. The van der Waals surface area contributed by atoms with Gasteiger partial charge < -0.3 is 21.9 Å². The molecule has 7 heteroatoms. The Morgan fingerprint density at radius 1 is 0.733 bits per heavy atom. The second-order valence-electron chi connectivity index (χ2n) is 6.97. The van der Waals surface area contributed by atoms with Crippen molar-refractivity contribution in [2.45, 2.75) is 117 Å². The molecular formula is C23H51N3O4. The number of primary amides is 1. The molecule has 0 heterocycles. The molecule has 0 aliphatic rings. The highest BCUT2D eigenvalue weighted by molar-refractivity contribution is 5.73. The van der Waals surface area contributed by atoms with Crippen LogP contribution < -0.4 is 16.8 Å². The predicted molar refractivity (Wildman–Crippen MR) is 127 cm³/mol. The number of unbranched alkanes of at least 4 members (excludes halogenated alkanes) is 10. The zero-order valence-electron chi connectivity index (χ0n) is 20.2. The highest BCUT2D eigenvalue weighted by Crippen LogP contribution is 2.10. The Balaban J connectivity index is -0.000000184. The van der Waals surface area contributed by atoms with Gasteiger partial charge in [-0.25, -0.2) is 0 Å². The number of hydrogen-bond donors (Lipinski definition) is 4. The van der Waals surface area contributed by atoms with Gasteiger partial charge in [-0.3, -0.25) is 14.4 Å². The van der Waals surface area contributed by atoms with Gasteiger partial charge in [0.15, 0.2) is 0 Å². The molecule has 0 fully saturated rings. The molecule has 0 aliphatic heterocycles. The second kappa shape index (κ2) is 38.0. The van der Waals surface area contributed by atoms with Crippen LogP contribution in [0.2, 0.25) is 0 Å². The third kappa shape index (κ3) is 56.3. The lowest BCUT2D eigenvalue weighted by atomic mass is 10.1. The number of carbonyl (C=O) groups excluding carboxylic acids is 2. The van der Waals surface area contributed by atoms with Crippen LogP contribution in [0.3, 0.4) is 0 Å². The van der Waals surface area contributed by atoms with Crippen LogP contribution in [0.15, 0.2) is 0 Å². The molecule has 182 valence electrons. The van der Waals surface area contributed by atoms with Crippen LogP contribution >= 0.6 is 0 Å². The van der Waals surface area contributed by atoms with Gasteiger partial charge in [0.1, 0.15) is 0 Å². The molecule has 0 saturated heterocycles. The van der Waals surface area contributed by atoms with E-state index < -0.39 is 5.97 Å². The first-order valence-electron chi connectivity index (χ1n) is 11.7. The van der Waals surface area contributed by atoms with E-state index in [9.17, 15) is 14.4 Å². The Labute approximate surface area is 185 Å². The Morgan fingerprint density at radius 2 is 1.17 bits per heavy atom. The Hall–Kier alpha value is -1.63. The molecule has 6 N–H and O–H groups in total. The lowest BCUT2D eigenvalue weighted by Gasteiger charge is -2.00. The average molecular weight is 434 g/mol. The fourth-order valence-corrected chi connectivity index (χ4v) is 2.17. The van der Waals surface area contributed by atoms with Crippen molar-refractivity contribution in [3.63, 3.8) is 0 Å². The van der Waals surface area contributed by atoms with Gasteiger partial charge in [0.05, 0.1) is 0 Å². The topological polar surface area (TPSA) is 136 Å². The van der Waals surface area contributed by atoms with E-state index in [0.29, 0.717) is 25.8 Å². The fourth-order valence-electron chi connectivity index (χ4n) is 2.17. The summed E-state index contributed by atoms with van der Waals surface area (Å²) in [7, 11) is 1.50. The highest BCUT2D eigenvalue weighted by Gasteiger charge is 1.96. The largest absolute Gasteiger partial charge is 0.481 e. The fraction of sp³-hybridized carbons (Fsp3) is 0.870. The minimum Gasteiger partial charge on any atom is -0.481 e. The summed E-state index contributed by atoms with van der Waals surface area (Å²) in [5.41, 5.74) is 9.38. The summed E-state index contributed by atoms with van der Waals surface area (Å²) < 4.78 is 0. The first kappa shape index (κ1) is 35.8. The lowest BCUT2D eigenvalue weighted by Crippen LogP contribution is -2.14. The molecule has 0 atom stereocenters. The van der Waals surface area contributed by atoms with Gasteiger partial charge in [0, 0.05) is 19.4 Å². The number of nitrogens with one attached hydrogen (secondary N) is 1. The standard InChI is InChI=1S/C12H24O2.C6H12N2O2.C4H10.CH5N/c1-2-3-4-5-6-7-8-9-10-11-12(13)14;7-6(10)3-1-2-4-8-5-9;1-3-4-2;1-2/h2-11H2,1H3,(H,13,14);5H,1-4H2,(H2,7,10)(H,8,9);3-4H2,1-2H3;2H2,1H3. The smallest absolute Gasteiger partial charge is 0.303 e. The van der Waals surface area contributed by atoms with E-state index in [4.69, 9.17) is 10.8 Å². The van der Waals surface area contributed by atoms with Crippen molar-refractivity contribution in [3.05, 3.63) is 0 Å². The summed E-state index contributed by atoms with van der Waals surface area (Å²) in [6.07, 6.45) is 16.7. The molecule has 0 aromatic carbocycles. The molecule has 0 spiro atoms. The molecule has 0 rings (SSSR count). The molecule has 7 nitrogen and oxygen atoms in total. The van der Waals surface area contributed by atoms with E-state index in [2.05, 4.69) is 31.8 Å². The van der Waals surface area contributed by atoms with Crippen LogP contribution in [-0.4, -0.2) is 37.0 Å². The number of aliphatic carboxylic acids is 1. The van der Waals surface area contributed by atoms with E-state index in [1.54, 1.807) is 0 Å². The van der Waals surface area contributed by atoms with E-state index in [-0.39, 0.29) is 5.91 Å². The normalized spacial score (nSPS) is 8.97. The van der Waals surface area contributed by atoms with Crippen LogP contribution in [0.5, 0.6) is 0 Å². The summed E-state index contributed by atoms with van der Waals surface area (Å²) in [6.45, 7) is 7.21. The molecule has 0 unspecified atom stereocenters. The van der Waals surface area contributed by atoms with Crippen LogP contribution in [0.25, 0.3) is 0 Å². The molecule has 2 amide bonds. The Bertz CT molecular complexity index is 338. The number of carboxylic acid groups (broad SMARTS) is 1. The van der Waals surface area contributed by atoms with Crippen molar-refractivity contribution >= 4 is 18.3 Å². The van der Waals surface area contributed by atoms with Crippen LogP contribution in [0.4, 0.5) is 0 Å². The predicted octanol–water partition coefficient (Wildman–Crippen LogP) is 4.76. The second-order valence-corrected chi connectivity index (χ2v) is 6.97. The minimum absolute atomic E-state index is 0.286. The Morgan fingerprint density at radius 3 is 1.53 bits per heavy atom. The van der Waals surface area contributed by atoms with E-state index >= 15 is 0 Å². The van der Waals surface area contributed by atoms with Crippen molar-refractivity contribution in [3.8, 4) is 0 Å². The van der Waals surface area contributed by atoms with Gasteiger partial charge in [-0.15, -0.1) is 0 Å². The average Bonchev–Trinajstić information content (AvgIpc) is 2.74. The quantitative estimate of drug-likeness (QED) is 0.194. The molecule has 0 saturated carbocycles. The maximum absolute atomic E-state index is 10.2. The number of amides is 2. The summed E-state index contributed by atoms with van der Waals surface area (Å²) in [5, 5.41) is 10.9. The third-order valence-electron chi connectivity index (χ3n) is 4.07. The number of carbonyl (C=O) groups is 3. The van der Waals surface area contributed by atoms with Crippen LogP contribution in [0.1, 0.15) is 117 Å². The van der Waals surface area contributed by atoms with Gasteiger partial charge in [0.25, 0.3) is 0 Å². The van der Waals surface area contributed by atoms with Gasteiger partial charge in [-0.1, -0.05) is 85.0 Å². The summed E-state index contributed by atoms with van der Waals surface area (Å²) in [4.78, 5) is 30.1. The van der Waals surface area contributed by atoms with Crippen molar-refractivity contribution in [1.29, 1.82) is 0 Å². The number of nitrogens with two attached hydrogens (primary N) is 2. The molecular weight excluding hydrogens is 382 g/mol. The molecule has 0 radical (unpaired) electrons. The summed E-state index contributed by atoms with van der Waals surface area (Å²) in [5.74, 6) is -0.945. The Kier molecular flexibility index (Phi) is 45.4. The van der Waals surface area contributed by atoms with Gasteiger partial charge in [-0.05, 0) is 26.3 Å². The molecule has 0 aromatic heterocycles. The summed E-state index contributed by atoms with van der Waals surface area (Å²) in [6, 6.07) is 0. The SMILES string of the molecule is CCCC.CCCCCCCCCCCC(=O)O.CN.NC(=O)CCCCNC=O. The molecule has 0 bridgehead atoms. The third-order valence-corrected chi connectivity index (χ3v) is 4.07. The first-order chi connectivity index (χ1) is 14.5. The van der Waals surface area contributed by atoms with E-state index in [1.165, 1.54) is 64.8 Å². The molecule has 30 heavy (non-hydrogen) atoms. The maximum atomic E-state index is 10.2. The van der Waals surface area contributed by atoms with Gasteiger partial charge >= 0.3 is 5.97 Å². The summed E-state index contributed by atoms with van der Waals surface area (Å²) >= 11 is 0. The van der Waals surface area contributed by atoms with Gasteiger partial charge in [0.2, 0.25) is 12.3 Å². The molecule has 0 aliphatic carbocycles. The van der Waals surface area contributed by atoms with Crippen LogP contribution in [-0.2, 0) is 14.4 Å². The van der Waals surface area contributed by atoms with E-state index in [0.717, 1.165) is 25.7 Å². The van der Waals surface area contributed by atoms with Gasteiger partial charge in [-0.2, -0.15) is 0 Å². The molecule has 0 aromatic rings. The first-order valence-corrected chi connectivity index (χ1v) is 11.7. The lowest BCUT2D eigenvalue weighted by molar-refractivity contribution is -0.137. The highest BCUT2D eigenvalue weighted by atomic mass is 16.4. The van der Waals surface area contributed by atoms with Crippen molar-refractivity contribution < 1.29 is 19.5 Å². The van der Waals surface area contributed by atoms with Crippen molar-refractivity contribution in [2.75, 3.05) is 13.6 Å². The van der Waals surface area contributed by atoms with E-state index in [1.807, 2.05) is 0 Å². The number of rotatable bonds is 17. The van der Waals surface area contributed by atoms with Crippen molar-refractivity contribution in [2.24, 2.45) is 11.5 Å². The number of carboxylic acids is 1. The monoisotopic (exact) mass is 433 g/mol. The minimum atomic E-state index is -0.659. The number of hydrogen-bond acceptors (Lipinski definition) is 4. The maximum Gasteiger partial charge on any atom is 0.303 e. The zero-order valence-corrected chi connectivity index (χ0v) is 20.2. The van der Waals surface area contributed by atoms with Crippen LogP contribution in [0, 0.1) is 0 Å². The van der Waals surface area contributed by atoms with Crippen molar-refractivity contribution in [1.82, 2.24) is 5.32 Å².